The molecule has 0 bridgehead atoms. The number of benzene rings is 1. The van der Waals surface area contributed by atoms with Crippen LogP contribution in [0.5, 0.6) is 0 Å². The lowest BCUT2D eigenvalue weighted by Crippen LogP contribution is -2.62. The summed E-state index contributed by atoms with van der Waals surface area (Å²) in [6.07, 6.45) is 3.86. The number of hydrogen-bond donors (Lipinski definition) is 1. The van der Waals surface area contributed by atoms with E-state index in [0.29, 0.717) is 12.5 Å². The molecule has 0 aliphatic heterocycles. The second kappa shape index (κ2) is 6.25. The quantitative estimate of drug-likeness (QED) is 0.884. The fraction of sp³-hybridized carbons (Fsp3) is 0.636. The molecule has 0 aromatic heterocycles. The van der Waals surface area contributed by atoms with Crippen molar-refractivity contribution in [2.24, 2.45) is 22.2 Å². The van der Waals surface area contributed by atoms with Crippen molar-refractivity contribution in [3.63, 3.8) is 0 Å². The van der Waals surface area contributed by atoms with Crippen LogP contribution in [0.4, 0.5) is 0 Å². The maximum atomic E-state index is 12.8. The Bertz CT molecular complexity index is 690. The van der Waals surface area contributed by atoms with Gasteiger partial charge in [0.15, 0.2) is 5.78 Å². The summed E-state index contributed by atoms with van der Waals surface area (Å²) in [5.74, 6) is -0.313. The minimum atomic E-state index is -0.457. The van der Waals surface area contributed by atoms with Crippen molar-refractivity contribution in [2.75, 3.05) is 0 Å². The highest BCUT2D eigenvalue weighted by Crippen LogP contribution is 2.65. The van der Waals surface area contributed by atoms with Gasteiger partial charge in [-0.1, -0.05) is 58.0 Å². The number of Topliss-reactive ketones (excluding diaryl/α,β-unsaturated/α-hetero) is 1. The van der Waals surface area contributed by atoms with E-state index in [1.54, 1.807) is 0 Å². The van der Waals surface area contributed by atoms with Crippen LogP contribution in [0, 0.1) is 33.5 Å². The van der Waals surface area contributed by atoms with E-state index >= 15 is 0 Å². The van der Waals surface area contributed by atoms with Crippen LogP contribution in [0.1, 0.15) is 58.9 Å². The van der Waals surface area contributed by atoms with Gasteiger partial charge >= 0.3 is 0 Å². The van der Waals surface area contributed by atoms with Gasteiger partial charge in [0.2, 0.25) is 0 Å². The predicted molar refractivity (Wildman–Crippen MR) is 99.6 cm³/mol. The molecule has 3 nitrogen and oxygen atoms in total. The number of nitrogens with zero attached hydrogens (tertiary/aromatic N) is 1. The Morgan fingerprint density at radius 2 is 1.84 bits per heavy atom. The fourth-order valence-electron chi connectivity index (χ4n) is 5.40. The van der Waals surface area contributed by atoms with Crippen LogP contribution in [0.25, 0.3) is 0 Å². The van der Waals surface area contributed by atoms with Crippen LogP contribution in [0.3, 0.4) is 0 Å². The van der Waals surface area contributed by atoms with Gasteiger partial charge in [0, 0.05) is 18.0 Å². The molecule has 2 fully saturated rings. The third kappa shape index (κ3) is 2.81. The summed E-state index contributed by atoms with van der Waals surface area (Å²) in [5.41, 5.74) is 0.826. The molecule has 2 aliphatic rings. The van der Waals surface area contributed by atoms with Crippen molar-refractivity contribution in [1.29, 1.82) is 5.26 Å². The first-order valence-electron chi connectivity index (χ1n) is 9.45. The van der Waals surface area contributed by atoms with Gasteiger partial charge in [-0.2, -0.15) is 5.26 Å². The first-order valence-corrected chi connectivity index (χ1v) is 9.45. The molecular weight excluding hydrogens is 308 g/mol. The fourth-order valence-corrected chi connectivity index (χ4v) is 5.40. The Morgan fingerprint density at radius 3 is 2.48 bits per heavy atom. The van der Waals surface area contributed by atoms with Crippen LogP contribution in [-0.4, -0.2) is 11.8 Å². The molecule has 134 valence electrons. The Hall–Kier alpha value is -1.66. The minimum absolute atomic E-state index is 0.0113. The molecule has 0 spiro atoms. The number of nitriles is 1. The van der Waals surface area contributed by atoms with Crippen LogP contribution in [0.2, 0.25) is 0 Å². The van der Waals surface area contributed by atoms with Gasteiger partial charge in [-0.05, 0) is 42.1 Å². The lowest BCUT2D eigenvalue weighted by molar-refractivity contribution is -0.168. The highest BCUT2D eigenvalue weighted by atomic mass is 16.1. The number of carbonyl (C=O) groups is 1. The molecule has 3 rings (SSSR count). The van der Waals surface area contributed by atoms with Crippen molar-refractivity contribution >= 4 is 5.78 Å². The summed E-state index contributed by atoms with van der Waals surface area (Å²) >= 11 is 0. The van der Waals surface area contributed by atoms with E-state index in [9.17, 15) is 10.1 Å². The molecule has 0 heterocycles. The molecule has 25 heavy (non-hydrogen) atoms. The lowest BCUT2D eigenvalue weighted by atomic mass is 9.41. The third-order valence-electron chi connectivity index (χ3n) is 7.58. The Morgan fingerprint density at radius 1 is 1.16 bits per heavy atom. The van der Waals surface area contributed by atoms with Crippen molar-refractivity contribution < 1.29 is 4.79 Å². The van der Waals surface area contributed by atoms with Crippen molar-refractivity contribution in [1.82, 2.24) is 5.32 Å². The van der Waals surface area contributed by atoms with Crippen molar-refractivity contribution in [3.05, 3.63) is 35.9 Å². The Labute approximate surface area is 151 Å². The van der Waals surface area contributed by atoms with Gasteiger partial charge in [-0.3, -0.25) is 4.79 Å². The predicted octanol–water partition coefficient (Wildman–Crippen LogP) is 4.48. The van der Waals surface area contributed by atoms with Crippen LogP contribution >= 0.6 is 0 Å². The summed E-state index contributed by atoms with van der Waals surface area (Å²) in [5, 5.41) is 13.2. The molecule has 3 heteroatoms. The second-order valence-electron chi connectivity index (χ2n) is 9.07. The monoisotopic (exact) mass is 338 g/mol. The Kier molecular flexibility index (Phi) is 4.54. The number of hydrogen-bond acceptors (Lipinski definition) is 3. The highest BCUT2D eigenvalue weighted by Gasteiger charge is 2.63. The molecule has 0 radical (unpaired) electrons. The zero-order chi connectivity index (χ0) is 18.3. The molecule has 0 amide bonds. The zero-order valence-electron chi connectivity index (χ0n) is 15.9. The SMILES string of the molecule is CC1(C)C(=O)C(C#N)C[C@]2(C)C[C@@H](NCc3ccccc3)CC[C@@]12C. The highest BCUT2D eigenvalue weighted by molar-refractivity contribution is 5.90. The molecule has 4 atom stereocenters. The smallest absolute Gasteiger partial charge is 0.156 e. The Balaban J connectivity index is 1.78. The second-order valence-corrected chi connectivity index (χ2v) is 9.07. The van der Waals surface area contributed by atoms with E-state index in [1.165, 1.54) is 5.56 Å². The topological polar surface area (TPSA) is 52.9 Å². The first-order chi connectivity index (χ1) is 11.7. The van der Waals surface area contributed by atoms with Crippen molar-refractivity contribution in [3.8, 4) is 6.07 Å². The van der Waals surface area contributed by atoms with E-state index in [0.717, 1.165) is 25.8 Å². The normalized spacial score (nSPS) is 37.2. The molecule has 2 saturated carbocycles. The number of rotatable bonds is 3. The molecule has 0 saturated heterocycles. The van der Waals surface area contributed by atoms with Gasteiger partial charge in [0.1, 0.15) is 5.92 Å². The van der Waals surface area contributed by atoms with Crippen LogP contribution in [-0.2, 0) is 11.3 Å². The van der Waals surface area contributed by atoms with E-state index in [1.807, 2.05) is 6.07 Å². The average molecular weight is 338 g/mol. The molecule has 1 aromatic rings. The number of fused-ring (bicyclic) bond motifs is 1. The van der Waals surface area contributed by atoms with E-state index < -0.39 is 11.3 Å². The van der Waals surface area contributed by atoms with Gasteiger partial charge in [0.05, 0.1) is 6.07 Å². The maximum absolute atomic E-state index is 12.8. The number of ketones is 1. The molecule has 1 aromatic carbocycles. The summed E-state index contributed by atoms with van der Waals surface area (Å²) in [7, 11) is 0. The van der Waals surface area contributed by atoms with Gasteiger partial charge in [0.25, 0.3) is 0 Å². The maximum Gasteiger partial charge on any atom is 0.156 e. The molecule has 1 N–H and O–H groups in total. The third-order valence-corrected chi connectivity index (χ3v) is 7.58. The standard InChI is InChI=1S/C22H30N2O/c1-20(2)19(25)17(14-23)12-21(3)13-18(10-11-22(20,21)4)24-15-16-8-6-5-7-9-16/h5-9,17-18,24H,10-13,15H2,1-4H3/t17?,18-,21+,22-/m0/s1. The molecule has 1 unspecified atom stereocenters. The molecule has 2 aliphatic carbocycles. The van der Waals surface area contributed by atoms with E-state index in [2.05, 4.69) is 63.3 Å². The minimum Gasteiger partial charge on any atom is -0.310 e. The van der Waals surface area contributed by atoms with E-state index in [4.69, 9.17) is 0 Å². The molecular formula is C22H30N2O. The summed E-state index contributed by atoms with van der Waals surface area (Å²) < 4.78 is 0. The largest absolute Gasteiger partial charge is 0.310 e. The van der Waals surface area contributed by atoms with E-state index in [-0.39, 0.29) is 16.6 Å². The first kappa shape index (κ1) is 18.1. The van der Waals surface area contributed by atoms with Gasteiger partial charge < -0.3 is 5.32 Å². The average Bonchev–Trinajstić information content (AvgIpc) is 2.60. The van der Waals surface area contributed by atoms with Crippen LogP contribution < -0.4 is 5.32 Å². The lowest BCUT2D eigenvalue weighted by Gasteiger charge is -2.63. The van der Waals surface area contributed by atoms with Gasteiger partial charge in [-0.15, -0.1) is 0 Å². The number of nitrogens with one attached hydrogen (secondary N) is 1. The summed E-state index contributed by atoms with van der Waals surface area (Å²) in [4.78, 5) is 12.8. The summed E-state index contributed by atoms with van der Waals surface area (Å²) in [6.45, 7) is 9.60. The van der Waals surface area contributed by atoms with Crippen molar-refractivity contribution in [2.45, 2.75) is 66.0 Å². The van der Waals surface area contributed by atoms with Crippen LogP contribution in [0.15, 0.2) is 30.3 Å². The number of carbonyl (C=O) groups excluding carboxylic acids is 1. The van der Waals surface area contributed by atoms with Gasteiger partial charge in [-0.25, -0.2) is 0 Å². The zero-order valence-corrected chi connectivity index (χ0v) is 15.9. The summed E-state index contributed by atoms with van der Waals surface area (Å²) in [6, 6.07) is 13.2.